The number of rotatable bonds is 7. The molecule has 2 heterocycles. The molecular formula is C50H41N5. The Balaban J connectivity index is 0.946. The highest BCUT2D eigenvalue weighted by Gasteiger charge is 2.37. The van der Waals surface area contributed by atoms with E-state index in [-0.39, 0.29) is 11.6 Å². The van der Waals surface area contributed by atoms with Crippen molar-refractivity contribution in [2.45, 2.75) is 26.9 Å². The summed E-state index contributed by atoms with van der Waals surface area (Å²) in [5, 5.41) is 3.75. The third kappa shape index (κ3) is 6.89. The minimum Gasteiger partial charge on any atom is -0.363 e. The van der Waals surface area contributed by atoms with E-state index in [1.807, 2.05) is 60.7 Å². The van der Waals surface area contributed by atoms with Crippen molar-refractivity contribution < 1.29 is 0 Å². The molecule has 0 bridgehead atoms. The van der Waals surface area contributed by atoms with Gasteiger partial charge in [0.05, 0.1) is 11.4 Å². The van der Waals surface area contributed by atoms with E-state index in [1.165, 1.54) is 39.3 Å². The Morgan fingerprint density at radius 2 is 0.782 bits per heavy atom. The van der Waals surface area contributed by atoms with Gasteiger partial charge in [0.15, 0.2) is 17.5 Å². The topological polar surface area (TPSA) is 53.9 Å². The van der Waals surface area contributed by atoms with Crippen LogP contribution in [0.5, 0.6) is 0 Å². The fourth-order valence-corrected chi connectivity index (χ4v) is 7.35. The van der Waals surface area contributed by atoms with Crippen molar-refractivity contribution in [3.05, 3.63) is 182 Å². The molecule has 5 heteroatoms. The zero-order valence-electron chi connectivity index (χ0n) is 31.2. The first-order valence-electron chi connectivity index (χ1n) is 18.8. The maximum Gasteiger partial charge on any atom is 0.164 e. The lowest BCUT2D eigenvalue weighted by molar-refractivity contribution is 0.351. The van der Waals surface area contributed by atoms with Gasteiger partial charge in [0.25, 0.3) is 0 Å². The van der Waals surface area contributed by atoms with Gasteiger partial charge in [-0.25, -0.2) is 15.0 Å². The minimum atomic E-state index is 0.0421. The predicted octanol–water partition coefficient (Wildman–Crippen LogP) is 12.8. The number of hydrogen-bond donors (Lipinski definition) is 1. The quantitative estimate of drug-likeness (QED) is 0.178. The van der Waals surface area contributed by atoms with Gasteiger partial charge in [0.1, 0.15) is 6.17 Å². The summed E-state index contributed by atoms with van der Waals surface area (Å²) in [6.45, 7) is 6.86. The second-order valence-electron chi connectivity index (χ2n) is 15.1. The molecule has 1 aromatic heterocycles. The number of nitrogens with zero attached hydrogens (tertiary/aromatic N) is 4. The molecule has 0 saturated carbocycles. The predicted molar refractivity (Wildman–Crippen MR) is 228 cm³/mol. The Morgan fingerprint density at radius 1 is 0.400 bits per heavy atom. The van der Waals surface area contributed by atoms with Gasteiger partial charge < -0.3 is 10.2 Å². The summed E-state index contributed by atoms with van der Waals surface area (Å²) in [5.41, 5.74) is 13.5. The number of benzene rings is 7. The van der Waals surface area contributed by atoms with Crippen LogP contribution in [0, 0.1) is 5.41 Å². The van der Waals surface area contributed by atoms with Crippen molar-refractivity contribution in [3.63, 3.8) is 0 Å². The molecule has 1 aliphatic rings. The lowest BCUT2D eigenvalue weighted by Gasteiger charge is -2.36. The molecule has 0 fully saturated rings. The van der Waals surface area contributed by atoms with E-state index in [0.717, 1.165) is 27.8 Å². The van der Waals surface area contributed by atoms with E-state index in [9.17, 15) is 0 Å². The zero-order valence-corrected chi connectivity index (χ0v) is 31.2. The molecule has 1 aliphatic heterocycles. The van der Waals surface area contributed by atoms with Crippen LogP contribution in [0.25, 0.3) is 67.5 Å². The van der Waals surface area contributed by atoms with E-state index in [4.69, 9.17) is 15.0 Å². The molecule has 1 atom stereocenters. The maximum absolute atomic E-state index is 4.89. The average molecular weight is 712 g/mol. The van der Waals surface area contributed by atoms with Crippen molar-refractivity contribution in [1.29, 1.82) is 0 Å². The Bertz CT molecular complexity index is 2520. The maximum atomic E-state index is 4.89. The first-order valence-corrected chi connectivity index (χ1v) is 18.8. The van der Waals surface area contributed by atoms with E-state index >= 15 is 0 Å². The molecule has 1 N–H and O–H groups in total. The van der Waals surface area contributed by atoms with Crippen LogP contribution in [-0.2, 0) is 0 Å². The van der Waals surface area contributed by atoms with Gasteiger partial charge in [-0.3, -0.25) is 0 Å². The summed E-state index contributed by atoms with van der Waals surface area (Å²) in [4.78, 5) is 17.0. The normalized spacial score (nSPS) is 13.7. The van der Waals surface area contributed by atoms with Crippen LogP contribution in [0.1, 0.15) is 20.8 Å². The largest absolute Gasteiger partial charge is 0.363 e. The molecule has 0 spiro atoms. The number of hydrogen-bond acceptors (Lipinski definition) is 5. The average Bonchev–Trinajstić information content (AvgIpc) is 3.65. The third-order valence-corrected chi connectivity index (χ3v) is 10.3. The van der Waals surface area contributed by atoms with Gasteiger partial charge in [-0.05, 0) is 63.7 Å². The van der Waals surface area contributed by atoms with E-state index < -0.39 is 0 Å². The Hall–Kier alpha value is -6.85. The second-order valence-corrected chi connectivity index (χ2v) is 15.1. The van der Waals surface area contributed by atoms with Crippen molar-refractivity contribution in [1.82, 2.24) is 15.0 Å². The van der Waals surface area contributed by atoms with E-state index in [1.54, 1.807) is 0 Å². The summed E-state index contributed by atoms with van der Waals surface area (Å²) < 4.78 is 0. The Morgan fingerprint density at radius 3 is 1.27 bits per heavy atom. The Labute approximate surface area is 323 Å². The molecule has 5 nitrogen and oxygen atoms in total. The number of nitrogens with one attached hydrogen (secondary N) is 1. The SMILES string of the molecule is CC(C)(C)C1Nc2ccccc2N1c1ccc(-c2cccc(-c3ccc(-c4ccc(-c5nc(-c6ccccc6)nc(-c6ccccc6)n5)cc4)cc3)c2)cc1. The van der Waals surface area contributed by atoms with Crippen LogP contribution in [-0.4, -0.2) is 21.1 Å². The molecule has 8 aromatic rings. The number of aromatic nitrogens is 3. The zero-order chi connectivity index (χ0) is 37.4. The summed E-state index contributed by atoms with van der Waals surface area (Å²) in [5.74, 6) is 1.96. The minimum absolute atomic E-state index is 0.0421. The molecular weight excluding hydrogens is 671 g/mol. The van der Waals surface area contributed by atoms with Gasteiger partial charge in [-0.15, -0.1) is 0 Å². The molecule has 9 rings (SSSR count). The van der Waals surface area contributed by atoms with Crippen molar-refractivity contribution in [3.8, 4) is 67.5 Å². The van der Waals surface area contributed by atoms with E-state index in [0.29, 0.717) is 17.5 Å². The fourth-order valence-electron chi connectivity index (χ4n) is 7.35. The monoisotopic (exact) mass is 711 g/mol. The summed E-state index contributed by atoms with van der Waals surface area (Å²) >= 11 is 0. The molecule has 55 heavy (non-hydrogen) atoms. The molecule has 0 aliphatic carbocycles. The molecule has 0 amide bonds. The van der Waals surface area contributed by atoms with Crippen LogP contribution in [0.4, 0.5) is 17.1 Å². The van der Waals surface area contributed by atoms with Crippen LogP contribution < -0.4 is 10.2 Å². The summed E-state index contributed by atoms with van der Waals surface area (Å²) in [6.07, 6.45) is 0.164. The van der Waals surface area contributed by atoms with Crippen molar-refractivity contribution in [2.24, 2.45) is 5.41 Å². The van der Waals surface area contributed by atoms with Gasteiger partial charge in [0, 0.05) is 27.8 Å². The lowest BCUT2D eigenvalue weighted by Crippen LogP contribution is -2.42. The number of para-hydroxylation sites is 2. The first kappa shape index (κ1) is 34.0. The number of anilines is 3. The highest BCUT2D eigenvalue weighted by Crippen LogP contribution is 2.45. The van der Waals surface area contributed by atoms with Crippen molar-refractivity contribution >= 4 is 17.1 Å². The van der Waals surface area contributed by atoms with Gasteiger partial charge in [-0.1, -0.05) is 172 Å². The molecule has 1 unspecified atom stereocenters. The highest BCUT2D eigenvalue weighted by atomic mass is 15.3. The highest BCUT2D eigenvalue weighted by molar-refractivity contribution is 5.84. The van der Waals surface area contributed by atoms with Crippen LogP contribution in [0.3, 0.4) is 0 Å². The lowest BCUT2D eigenvalue weighted by atomic mass is 9.91. The van der Waals surface area contributed by atoms with Gasteiger partial charge >= 0.3 is 0 Å². The van der Waals surface area contributed by atoms with Crippen LogP contribution in [0.15, 0.2) is 182 Å². The molecule has 266 valence electrons. The van der Waals surface area contributed by atoms with Gasteiger partial charge in [0.2, 0.25) is 0 Å². The van der Waals surface area contributed by atoms with Crippen LogP contribution in [0.2, 0.25) is 0 Å². The van der Waals surface area contributed by atoms with Crippen molar-refractivity contribution in [2.75, 3.05) is 10.2 Å². The second kappa shape index (κ2) is 14.2. The fraction of sp³-hybridized carbons (Fsp3) is 0.100. The first-order chi connectivity index (χ1) is 26.9. The summed E-state index contributed by atoms with van der Waals surface area (Å²) in [7, 11) is 0. The molecule has 0 saturated heterocycles. The standard InChI is InChI=1S/C50H41N5/c1-50(2,3)49-51-44-19-10-11-20-45(44)55(49)43-31-29-37(30-32-43)42-18-12-17-41(33-42)36-23-21-34(22-24-36)35-25-27-40(28-26-35)48-53-46(38-13-6-4-7-14-38)52-47(54-48)39-15-8-5-9-16-39/h4-33,49,51H,1-3H3. The smallest absolute Gasteiger partial charge is 0.164 e. The number of fused-ring (bicyclic) bond motifs is 1. The van der Waals surface area contributed by atoms with E-state index in [2.05, 4.69) is 152 Å². The van der Waals surface area contributed by atoms with Gasteiger partial charge in [-0.2, -0.15) is 0 Å². The third-order valence-electron chi connectivity index (χ3n) is 10.3. The molecule has 7 aromatic carbocycles. The van der Waals surface area contributed by atoms with Crippen LogP contribution >= 0.6 is 0 Å². The Kier molecular flexibility index (Phi) is 8.75. The summed E-state index contributed by atoms with van der Waals surface area (Å²) in [6, 6.07) is 63.8. The molecule has 0 radical (unpaired) electrons.